The van der Waals surface area contributed by atoms with Crippen LogP contribution in [0.25, 0.3) is 5.69 Å². The fourth-order valence-electron chi connectivity index (χ4n) is 2.59. The van der Waals surface area contributed by atoms with Crippen LogP contribution in [0.1, 0.15) is 10.5 Å². The number of amides is 1. The second-order valence-corrected chi connectivity index (χ2v) is 5.44. The molecule has 0 saturated heterocycles. The molecule has 0 radical (unpaired) electrons. The first-order valence-corrected chi connectivity index (χ1v) is 7.70. The SMILES string of the molecule is O=C(Nc1ccc2c(c1)OCCO2)c1cncn1-c1ccc(F)cc1. The van der Waals surface area contributed by atoms with Gasteiger partial charge >= 0.3 is 0 Å². The third-order valence-electron chi connectivity index (χ3n) is 3.78. The number of nitrogens with one attached hydrogen (secondary N) is 1. The van der Waals surface area contributed by atoms with Crippen molar-refractivity contribution in [2.45, 2.75) is 0 Å². The first kappa shape index (κ1) is 15.2. The number of ether oxygens (including phenoxy) is 2. The highest BCUT2D eigenvalue weighted by Crippen LogP contribution is 2.32. The molecule has 126 valence electrons. The highest BCUT2D eigenvalue weighted by molar-refractivity contribution is 6.03. The predicted octanol–water partition coefficient (Wildman–Crippen LogP) is 3.03. The number of halogens is 1. The molecule has 0 fully saturated rings. The number of rotatable bonds is 3. The van der Waals surface area contributed by atoms with E-state index in [1.807, 2.05) is 0 Å². The number of fused-ring (bicyclic) bond motifs is 1. The van der Waals surface area contributed by atoms with Crippen LogP contribution in [0.4, 0.5) is 10.1 Å². The van der Waals surface area contributed by atoms with Crippen LogP contribution in [-0.4, -0.2) is 28.7 Å². The fraction of sp³-hybridized carbons (Fsp3) is 0.111. The minimum absolute atomic E-state index is 0.335. The fourth-order valence-corrected chi connectivity index (χ4v) is 2.59. The summed E-state index contributed by atoms with van der Waals surface area (Å²) < 4.78 is 25.6. The molecule has 0 aliphatic carbocycles. The number of carbonyl (C=O) groups excluding carboxylic acids is 1. The lowest BCUT2D eigenvalue weighted by Gasteiger charge is -2.19. The van der Waals surface area contributed by atoms with Crippen LogP contribution in [0.2, 0.25) is 0 Å². The summed E-state index contributed by atoms with van der Waals surface area (Å²) in [6, 6.07) is 11.0. The van der Waals surface area contributed by atoms with Crippen molar-refractivity contribution in [1.82, 2.24) is 9.55 Å². The van der Waals surface area contributed by atoms with Crippen LogP contribution in [0, 0.1) is 5.82 Å². The van der Waals surface area contributed by atoms with Crippen molar-refractivity contribution < 1.29 is 18.7 Å². The molecule has 0 unspecified atom stereocenters. The maximum Gasteiger partial charge on any atom is 0.274 e. The molecule has 25 heavy (non-hydrogen) atoms. The lowest BCUT2D eigenvalue weighted by atomic mass is 10.2. The van der Waals surface area contributed by atoms with E-state index in [0.717, 1.165) is 0 Å². The Morgan fingerprint density at radius 3 is 2.64 bits per heavy atom. The van der Waals surface area contributed by atoms with Gasteiger partial charge in [-0.25, -0.2) is 9.37 Å². The Kier molecular flexibility index (Phi) is 3.81. The number of hydrogen-bond donors (Lipinski definition) is 1. The Morgan fingerprint density at radius 1 is 1.08 bits per heavy atom. The Bertz CT molecular complexity index is 922. The van der Waals surface area contributed by atoms with Gasteiger partial charge in [0.15, 0.2) is 11.5 Å². The maximum atomic E-state index is 13.1. The van der Waals surface area contributed by atoms with Crippen molar-refractivity contribution >= 4 is 11.6 Å². The van der Waals surface area contributed by atoms with E-state index >= 15 is 0 Å². The number of aromatic nitrogens is 2. The van der Waals surface area contributed by atoms with Crippen molar-refractivity contribution in [2.24, 2.45) is 0 Å². The average molecular weight is 339 g/mol. The molecule has 1 aromatic heterocycles. The zero-order chi connectivity index (χ0) is 17.2. The molecule has 0 saturated carbocycles. The van der Waals surface area contributed by atoms with E-state index in [1.54, 1.807) is 34.9 Å². The normalized spacial score (nSPS) is 12.7. The predicted molar refractivity (Wildman–Crippen MR) is 88.9 cm³/mol. The summed E-state index contributed by atoms with van der Waals surface area (Å²) >= 11 is 0. The van der Waals surface area contributed by atoms with Gasteiger partial charge in [-0.15, -0.1) is 0 Å². The minimum atomic E-state index is -0.342. The van der Waals surface area contributed by atoms with E-state index in [4.69, 9.17) is 9.47 Å². The van der Waals surface area contributed by atoms with E-state index < -0.39 is 0 Å². The molecule has 1 aliphatic rings. The second kappa shape index (κ2) is 6.27. The summed E-state index contributed by atoms with van der Waals surface area (Å²) in [5, 5.41) is 2.81. The van der Waals surface area contributed by atoms with Gasteiger partial charge in [-0.2, -0.15) is 0 Å². The zero-order valence-electron chi connectivity index (χ0n) is 13.1. The van der Waals surface area contributed by atoms with Crippen LogP contribution >= 0.6 is 0 Å². The molecule has 1 aliphatic heterocycles. The Hall–Kier alpha value is -3.35. The average Bonchev–Trinajstić information content (AvgIpc) is 3.12. The quantitative estimate of drug-likeness (QED) is 0.797. The number of carbonyl (C=O) groups is 1. The molecule has 2 heterocycles. The van der Waals surface area contributed by atoms with Gasteiger partial charge < -0.3 is 14.8 Å². The molecular weight excluding hydrogens is 325 g/mol. The number of anilines is 1. The molecule has 1 N–H and O–H groups in total. The van der Waals surface area contributed by atoms with E-state index in [0.29, 0.717) is 41.8 Å². The summed E-state index contributed by atoms with van der Waals surface area (Å²) in [5.74, 6) is 0.571. The van der Waals surface area contributed by atoms with Gasteiger partial charge in [0.1, 0.15) is 24.7 Å². The highest BCUT2D eigenvalue weighted by atomic mass is 19.1. The summed E-state index contributed by atoms with van der Waals surface area (Å²) in [7, 11) is 0. The number of hydrogen-bond acceptors (Lipinski definition) is 4. The standard InChI is InChI=1S/C18H14FN3O3/c19-12-1-4-14(5-2-12)22-11-20-10-15(22)18(23)21-13-3-6-16-17(9-13)25-8-7-24-16/h1-6,9-11H,7-8H2,(H,21,23). The summed E-state index contributed by atoms with van der Waals surface area (Å²) in [5.41, 5.74) is 1.56. The lowest BCUT2D eigenvalue weighted by Crippen LogP contribution is -2.18. The monoisotopic (exact) mass is 339 g/mol. The second-order valence-electron chi connectivity index (χ2n) is 5.44. The molecular formula is C18H14FN3O3. The third-order valence-corrected chi connectivity index (χ3v) is 3.78. The molecule has 6 nitrogen and oxygen atoms in total. The first-order chi connectivity index (χ1) is 12.2. The smallest absolute Gasteiger partial charge is 0.274 e. The Balaban J connectivity index is 1.58. The van der Waals surface area contributed by atoms with Crippen molar-refractivity contribution in [3.05, 3.63) is 66.5 Å². The largest absolute Gasteiger partial charge is 0.486 e. The number of imidazole rings is 1. The van der Waals surface area contributed by atoms with Gasteiger partial charge in [0, 0.05) is 17.4 Å². The molecule has 7 heteroatoms. The molecule has 0 bridgehead atoms. The van der Waals surface area contributed by atoms with Crippen molar-refractivity contribution in [2.75, 3.05) is 18.5 Å². The Labute approximate surface area is 142 Å². The molecule has 3 aromatic rings. The van der Waals surface area contributed by atoms with Crippen molar-refractivity contribution in [3.63, 3.8) is 0 Å². The van der Waals surface area contributed by atoms with Crippen LogP contribution in [0.15, 0.2) is 55.0 Å². The topological polar surface area (TPSA) is 65.4 Å². The van der Waals surface area contributed by atoms with Crippen LogP contribution in [0.5, 0.6) is 11.5 Å². The van der Waals surface area contributed by atoms with Gasteiger partial charge in [0.05, 0.1) is 12.5 Å². The minimum Gasteiger partial charge on any atom is -0.486 e. The number of benzene rings is 2. The summed E-state index contributed by atoms with van der Waals surface area (Å²) in [4.78, 5) is 16.6. The summed E-state index contributed by atoms with van der Waals surface area (Å²) in [6.07, 6.45) is 2.96. The van der Waals surface area contributed by atoms with Crippen LogP contribution in [-0.2, 0) is 0 Å². The van der Waals surface area contributed by atoms with Gasteiger partial charge in [0.2, 0.25) is 0 Å². The molecule has 2 aromatic carbocycles. The maximum absolute atomic E-state index is 13.1. The van der Waals surface area contributed by atoms with Gasteiger partial charge in [0.25, 0.3) is 5.91 Å². The molecule has 4 rings (SSSR count). The molecule has 0 spiro atoms. The first-order valence-electron chi connectivity index (χ1n) is 7.70. The van der Waals surface area contributed by atoms with E-state index in [-0.39, 0.29) is 11.7 Å². The Morgan fingerprint density at radius 2 is 1.84 bits per heavy atom. The summed E-state index contributed by atoms with van der Waals surface area (Å²) in [6.45, 7) is 0.983. The lowest BCUT2D eigenvalue weighted by molar-refractivity contribution is 0.102. The highest BCUT2D eigenvalue weighted by Gasteiger charge is 2.16. The van der Waals surface area contributed by atoms with Crippen molar-refractivity contribution in [1.29, 1.82) is 0 Å². The van der Waals surface area contributed by atoms with Gasteiger partial charge in [-0.3, -0.25) is 9.36 Å². The van der Waals surface area contributed by atoms with Crippen molar-refractivity contribution in [3.8, 4) is 17.2 Å². The van der Waals surface area contributed by atoms with E-state index in [9.17, 15) is 9.18 Å². The molecule has 1 amide bonds. The molecule has 0 atom stereocenters. The number of nitrogens with zero attached hydrogens (tertiary/aromatic N) is 2. The van der Waals surface area contributed by atoms with Gasteiger partial charge in [-0.05, 0) is 36.4 Å². The van der Waals surface area contributed by atoms with Crippen LogP contribution < -0.4 is 14.8 Å². The van der Waals surface area contributed by atoms with Gasteiger partial charge in [-0.1, -0.05) is 0 Å². The van der Waals surface area contributed by atoms with Crippen LogP contribution in [0.3, 0.4) is 0 Å². The third kappa shape index (κ3) is 3.03. The van der Waals surface area contributed by atoms with E-state index in [1.165, 1.54) is 24.7 Å². The zero-order valence-corrected chi connectivity index (χ0v) is 13.1. The van der Waals surface area contributed by atoms with E-state index in [2.05, 4.69) is 10.3 Å².